The summed E-state index contributed by atoms with van der Waals surface area (Å²) in [6.07, 6.45) is 0.342. The van der Waals surface area contributed by atoms with Crippen LogP contribution in [0.1, 0.15) is 11.3 Å². The van der Waals surface area contributed by atoms with Crippen LogP contribution in [0.3, 0.4) is 0 Å². The molecule has 2 aromatic rings. The summed E-state index contributed by atoms with van der Waals surface area (Å²) in [5.41, 5.74) is 13.9. The van der Waals surface area contributed by atoms with Gasteiger partial charge in [-0.15, -0.1) is 0 Å². The van der Waals surface area contributed by atoms with Gasteiger partial charge in [0.05, 0.1) is 6.61 Å². The fourth-order valence-electron chi connectivity index (χ4n) is 2.00. The van der Waals surface area contributed by atoms with E-state index in [1.165, 1.54) is 0 Å². The second-order valence-corrected chi connectivity index (χ2v) is 4.88. The van der Waals surface area contributed by atoms with Crippen molar-refractivity contribution in [2.24, 2.45) is 11.5 Å². The molecule has 4 N–H and O–H groups in total. The highest BCUT2D eigenvalue weighted by Gasteiger charge is 2.22. The number of aromatic nitrogens is 1. The number of nitrogens with two attached hydrogens (primary N) is 2. The minimum absolute atomic E-state index is 0.0756. The van der Waals surface area contributed by atoms with Crippen molar-refractivity contribution in [2.45, 2.75) is 19.6 Å². The highest BCUT2D eigenvalue weighted by Crippen LogP contribution is 2.20. The van der Waals surface area contributed by atoms with Crippen molar-refractivity contribution < 1.29 is 14.3 Å². The minimum atomic E-state index is -1.41. The Balaban J connectivity index is 2.06. The second kappa shape index (κ2) is 6.82. The van der Waals surface area contributed by atoms with Crippen LogP contribution in [0.25, 0.3) is 11.1 Å². The van der Waals surface area contributed by atoms with Crippen LogP contribution < -0.4 is 11.5 Å². The molecule has 0 fully saturated rings. The van der Waals surface area contributed by atoms with Crippen molar-refractivity contribution in [2.75, 3.05) is 0 Å². The fourth-order valence-corrected chi connectivity index (χ4v) is 2.00. The molecule has 2 amide bonds. The number of hydrogen-bond acceptors (Lipinski definition) is 4. The first kappa shape index (κ1) is 15.7. The number of carbonyl (C=O) groups excluding carboxylic acids is 2. The molecule has 0 bridgehead atoms. The summed E-state index contributed by atoms with van der Waals surface area (Å²) < 4.78 is 5.16. The van der Waals surface area contributed by atoms with Gasteiger partial charge < -0.3 is 16.2 Å². The van der Waals surface area contributed by atoms with Crippen LogP contribution in [0, 0.1) is 6.92 Å². The molecule has 6 nitrogen and oxygen atoms in total. The van der Waals surface area contributed by atoms with E-state index in [0.29, 0.717) is 0 Å². The van der Waals surface area contributed by atoms with Gasteiger partial charge in [-0.05, 0) is 35.7 Å². The van der Waals surface area contributed by atoms with Crippen LogP contribution in [0.15, 0.2) is 42.6 Å². The predicted octanol–water partition coefficient (Wildman–Crippen LogP) is 0.913. The summed E-state index contributed by atoms with van der Waals surface area (Å²) in [5, 5.41) is 0. The Morgan fingerprint density at radius 2 is 1.73 bits per heavy atom. The number of carbonyl (C=O) groups is 2. The van der Waals surface area contributed by atoms with Crippen molar-refractivity contribution >= 4 is 11.8 Å². The third-order valence-corrected chi connectivity index (χ3v) is 3.12. The van der Waals surface area contributed by atoms with Gasteiger partial charge in [0.1, 0.15) is 0 Å². The molecule has 0 aliphatic carbocycles. The standard InChI is InChI=1S/C16H17N3O3/c1-10-8-13(6-7-19-10)12-4-2-11(3-5-12)9-22-14(15(17)20)16(18)21/h2-8,14H,9H2,1H3,(H2,17,20)(H2,18,21). The van der Waals surface area contributed by atoms with Gasteiger partial charge in [0, 0.05) is 11.9 Å². The molecule has 1 aromatic carbocycles. The molecule has 2 rings (SSSR count). The Hall–Kier alpha value is -2.73. The molecule has 1 heterocycles. The normalized spacial score (nSPS) is 10.6. The van der Waals surface area contributed by atoms with Crippen LogP contribution >= 0.6 is 0 Å². The summed E-state index contributed by atoms with van der Waals surface area (Å²) in [6, 6.07) is 11.5. The maximum absolute atomic E-state index is 11.0. The predicted molar refractivity (Wildman–Crippen MR) is 81.4 cm³/mol. The van der Waals surface area contributed by atoms with Crippen LogP contribution in [0.4, 0.5) is 0 Å². The Bertz CT molecular complexity index is 669. The van der Waals surface area contributed by atoms with Crippen LogP contribution in [-0.2, 0) is 20.9 Å². The molecule has 0 atom stereocenters. The van der Waals surface area contributed by atoms with Crippen molar-refractivity contribution in [3.63, 3.8) is 0 Å². The van der Waals surface area contributed by atoms with E-state index >= 15 is 0 Å². The zero-order valence-corrected chi connectivity index (χ0v) is 12.2. The maximum Gasteiger partial charge on any atom is 0.256 e. The van der Waals surface area contributed by atoms with Crippen LogP contribution in [0.2, 0.25) is 0 Å². The molecule has 0 radical (unpaired) electrons. The molecule has 22 heavy (non-hydrogen) atoms. The van der Waals surface area contributed by atoms with E-state index in [0.717, 1.165) is 22.4 Å². The lowest BCUT2D eigenvalue weighted by molar-refractivity contribution is -0.142. The van der Waals surface area contributed by atoms with Gasteiger partial charge in [0.2, 0.25) is 6.10 Å². The molecule has 0 saturated heterocycles. The molecule has 1 aromatic heterocycles. The average Bonchev–Trinajstić information content (AvgIpc) is 2.47. The lowest BCUT2D eigenvalue weighted by Gasteiger charge is -2.11. The van der Waals surface area contributed by atoms with E-state index in [9.17, 15) is 9.59 Å². The van der Waals surface area contributed by atoms with Gasteiger partial charge in [-0.2, -0.15) is 0 Å². The Labute approximate surface area is 128 Å². The lowest BCUT2D eigenvalue weighted by atomic mass is 10.0. The van der Waals surface area contributed by atoms with Crippen molar-refractivity contribution in [3.8, 4) is 11.1 Å². The summed E-state index contributed by atoms with van der Waals surface area (Å²) >= 11 is 0. The topological polar surface area (TPSA) is 108 Å². The maximum atomic E-state index is 11.0. The monoisotopic (exact) mass is 299 g/mol. The fraction of sp³-hybridized carbons (Fsp3) is 0.188. The summed E-state index contributed by atoms with van der Waals surface area (Å²) in [7, 11) is 0. The third kappa shape index (κ3) is 3.89. The van der Waals surface area contributed by atoms with Gasteiger partial charge >= 0.3 is 0 Å². The Morgan fingerprint density at radius 1 is 1.09 bits per heavy atom. The Morgan fingerprint density at radius 3 is 2.27 bits per heavy atom. The first-order valence-corrected chi connectivity index (χ1v) is 6.69. The van der Waals surface area contributed by atoms with E-state index < -0.39 is 17.9 Å². The Kier molecular flexibility index (Phi) is 4.85. The van der Waals surface area contributed by atoms with Crippen LogP contribution in [0.5, 0.6) is 0 Å². The van der Waals surface area contributed by atoms with Crippen molar-refractivity contribution in [1.82, 2.24) is 4.98 Å². The molecule has 6 heteroatoms. The highest BCUT2D eigenvalue weighted by molar-refractivity contribution is 6.01. The first-order valence-electron chi connectivity index (χ1n) is 6.69. The number of rotatable bonds is 6. The van der Waals surface area contributed by atoms with E-state index in [-0.39, 0.29) is 6.61 Å². The number of hydrogen-bond donors (Lipinski definition) is 2. The SMILES string of the molecule is Cc1cc(-c2ccc(COC(C(N)=O)C(N)=O)cc2)ccn1. The van der Waals surface area contributed by atoms with E-state index in [1.54, 1.807) is 6.20 Å². The summed E-state index contributed by atoms with van der Waals surface area (Å²) in [5.74, 6) is -1.78. The molecule has 0 saturated carbocycles. The molecule has 0 aliphatic rings. The van der Waals surface area contributed by atoms with Gasteiger partial charge in [0.25, 0.3) is 11.8 Å². The number of amides is 2. The number of aryl methyl sites for hydroxylation is 1. The summed E-state index contributed by atoms with van der Waals surface area (Å²) in [4.78, 5) is 26.2. The zero-order chi connectivity index (χ0) is 16.1. The quantitative estimate of drug-likeness (QED) is 0.773. The van der Waals surface area contributed by atoms with Gasteiger partial charge in [-0.1, -0.05) is 24.3 Å². The zero-order valence-electron chi connectivity index (χ0n) is 12.2. The van der Waals surface area contributed by atoms with Crippen LogP contribution in [-0.4, -0.2) is 22.9 Å². The highest BCUT2D eigenvalue weighted by atomic mass is 16.5. The van der Waals surface area contributed by atoms with E-state index in [1.807, 2.05) is 43.3 Å². The molecular formula is C16H17N3O3. The van der Waals surface area contributed by atoms with Gasteiger partial charge in [0.15, 0.2) is 0 Å². The summed E-state index contributed by atoms with van der Waals surface area (Å²) in [6.45, 7) is 2.01. The molecule has 114 valence electrons. The molecule has 0 spiro atoms. The smallest absolute Gasteiger partial charge is 0.256 e. The molecule has 0 unspecified atom stereocenters. The minimum Gasteiger partial charge on any atom is -0.367 e. The average molecular weight is 299 g/mol. The lowest BCUT2D eigenvalue weighted by Crippen LogP contribution is -2.42. The largest absolute Gasteiger partial charge is 0.367 e. The van der Waals surface area contributed by atoms with Crippen molar-refractivity contribution in [3.05, 3.63) is 53.9 Å². The number of primary amides is 2. The van der Waals surface area contributed by atoms with Gasteiger partial charge in [-0.3, -0.25) is 14.6 Å². The van der Waals surface area contributed by atoms with E-state index in [2.05, 4.69) is 4.98 Å². The molecule has 0 aliphatic heterocycles. The number of nitrogens with zero attached hydrogens (tertiary/aromatic N) is 1. The number of pyridine rings is 1. The second-order valence-electron chi connectivity index (χ2n) is 4.88. The third-order valence-electron chi connectivity index (χ3n) is 3.12. The number of ether oxygens (including phenoxy) is 1. The molecular weight excluding hydrogens is 282 g/mol. The van der Waals surface area contributed by atoms with E-state index in [4.69, 9.17) is 16.2 Å². The van der Waals surface area contributed by atoms with Crippen molar-refractivity contribution in [1.29, 1.82) is 0 Å². The number of benzene rings is 1. The van der Waals surface area contributed by atoms with Gasteiger partial charge in [-0.25, -0.2) is 0 Å². The first-order chi connectivity index (χ1) is 10.5.